The van der Waals surface area contributed by atoms with Gasteiger partial charge < -0.3 is 10.0 Å². The van der Waals surface area contributed by atoms with Gasteiger partial charge in [0.05, 0.1) is 15.7 Å². The molecule has 2 bridgehead atoms. The minimum Gasteiger partial charge on any atom is -0.481 e. The Labute approximate surface area is 118 Å². The highest BCUT2D eigenvalue weighted by atomic mass is 32.1. The van der Waals surface area contributed by atoms with E-state index in [1.54, 1.807) is 4.90 Å². The van der Waals surface area contributed by atoms with Gasteiger partial charge in [0.1, 0.15) is 0 Å². The molecule has 7 nitrogen and oxygen atoms in total. The van der Waals surface area contributed by atoms with Crippen molar-refractivity contribution in [3.63, 3.8) is 0 Å². The minimum absolute atomic E-state index is 0.0465. The van der Waals surface area contributed by atoms with E-state index in [1.807, 2.05) is 0 Å². The highest BCUT2D eigenvalue weighted by Gasteiger charge is 2.51. The second-order valence-corrected chi connectivity index (χ2v) is 6.15. The maximum absolute atomic E-state index is 12.4. The molecule has 0 spiro atoms. The largest absolute Gasteiger partial charge is 0.481 e. The van der Waals surface area contributed by atoms with Crippen molar-refractivity contribution in [1.82, 2.24) is 4.90 Å². The molecule has 106 valence electrons. The van der Waals surface area contributed by atoms with E-state index in [0.717, 1.165) is 17.8 Å². The molecule has 3 heterocycles. The smallest absolute Gasteiger partial charge is 0.324 e. The van der Waals surface area contributed by atoms with E-state index < -0.39 is 16.8 Å². The number of amides is 1. The normalized spacial score (nSPS) is 27.8. The topological polar surface area (TPSA) is 101 Å². The number of nitro groups is 1. The van der Waals surface area contributed by atoms with E-state index in [4.69, 9.17) is 5.11 Å². The number of carboxylic acids is 1. The van der Waals surface area contributed by atoms with Crippen molar-refractivity contribution < 1.29 is 19.6 Å². The van der Waals surface area contributed by atoms with Gasteiger partial charge in [0.2, 0.25) is 0 Å². The summed E-state index contributed by atoms with van der Waals surface area (Å²) in [7, 11) is 0. The van der Waals surface area contributed by atoms with Gasteiger partial charge in [-0.1, -0.05) is 11.3 Å². The van der Waals surface area contributed by atoms with Crippen molar-refractivity contribution in [1.29, 1.82) is 0 Å². The molecule has 0 saturated carbocycles. The molecule has 2 aliphatic rings. The lowest BCUT2D eigenvalue weighted by Crippen LogP contribution is -2.37. The highest BCUT2D eigenvalue weighted by Crippen LogP contribution is 2.43. The number of nitrogens with zero attached hydrogens (tertiary/aromatic N) is 2. The molecule has 3 atom stereocenters. The van der Waals surface area contributed by atoms with Crippen LogP contribution < -0.4 is 0 Å². The first-order chi connectivity index (χ1) is 9.49. The van der Waals surface area contributed by atoms with Crippen LogP contribution >= 0.6 is 11.3 Å². The fourth-order valence-corrected chi connectivity index (χ4v) is 4.00. The molecule has 1 aromatic heterocycles. The average Bonchev–Trinajstić information content (AvgIpc) is 3.11. The molecule has 0 aromatic carbocycles. The second kappa shape index (κ2) is 4.55. The zero-order valence-electron chi connectivity index (χ0n) is 10.4. The second-order valence-electron chi connectivity index (χ2n) is 5.09. The first-order valence-electron chi connectivity index (χ1n) is 6.28. The van der Waals surface area contributed by atoms with Crippen LogP contribution in [0.4, 0.5) is 5.00 Å². The third-order valence-corrected chi connectivity index (χ3v) is 5.10. The van der Waals surface area contributed by atoms with Gasteiger partial charge in [-0.25, -0.2) is 0 Å². The Hall–Kier alpha value is -1.96. The maximum atomic E-state index is 12.4. The van der Waals surface area contributed by atoms with Crippen LogP contribution in [-0.2, 0) is 4.79 Å². The number of aliphatic carboxylic acids is 1. The molecule has 2 fully saturated rings. The van der Waals surface area contributed by atoms with Crippen LogP contribution in [0, 0.1) is 16.0 Å². The number of hydrogen-bond donors (Lipinski definition) is 1. The zero-order valence-corrected chi connectivity index (χ0v) is 11.2. The van der Waals surface area contributed by atoms with Crippen LogP contribution in [0.15, 0.2) is 12.1 Å². The molecule has 20 heavy (non-hydrogen) atoms. The van der Waals surface area contributed by atoms with Crippen molar-refractivity contribution in [3.05, 3.63) is 27.1 Å². The molecule has 3 unspecified atom stereocenters. The summed E-state index contributed by atoms with van der Waals surface area (Å²) in [5.41, 5.74) is 0. The lowest BCUT2D eigenvalue weighted by Gasteiger charge is -2.22. The number of fused-ring (bicyclic) bond motifs is 2. The predicted molar refractivity (Wildman–Crippen MR) is 69.7 cm³/mol. The summed E-state index contributed by atoms with van der Waals surface area (Å²) in [6.07, 6.45) is 1.99. The van der Waals surface area contributed by atoms with Crippen LogP contribution in [0.2, 0.25) is 0 Å². The fourth-order valence-electron chi connectivity index (χ4n) is 3.24. The van der Waals surface area contributed by atoms with Crippen molar-refractivity contribution >= 4 is 28.2 Å². The zero-order chi connectivity index (χ0) is 14.4. The van der Waals surface area contributed by atoms with Crippen LogP contribution in [0.3, 0.4) is 0 Å². The lowest BCUT2D eigenvalue weighted by atomic mass is 9.89. The standard InChI is InChI=1S/C12H12N2O5S/c15-11(9-3-4-10(20-9)14(18)19)13-6-1-2-8(13)7(5-6)12(16)17/h3-4,6-8H,1-2,5H2,(H,16,17). The van der Waals surface area contributed by atoms with E-state index in [0.29, 0.717) is 17.7 Å². The van der Waals surface area contributed by atoms with Gasteiger partial charge in [-0.3, -0.25) is 19.7 Å². The van der Waals surface area contributed by atoms with E-state index in [1.165, 1.54) is 12.1 Å². The Morgan fingerprint density at radius 1 is 1.40 bits per heavy atom. The Morgan fingerprint density at radius 3 is 2.70 bits per heavy atom. The molecule has 2 saturated heterocycles. The van der Waals surface area contributed by atoms with Gasteiger partial charge in [-0.2, -0.15) is 0 Å². The Kier molecular flexibility index (Phi) is 2.97. The van der Waals surface area contributed by atoms with Gasteiger partial charge in [0.15, 0.2) is 0 Å². The molecule has 1 N–H and O–H groups in total. The van der Waals surface area contributed by atoms with E-state index >= 15 is 0 Å². The van der Waals surface area contributed by atoms with Crippen LogP contribution in [0.5, 0.6) is 0 Å². The van der Waals surface area contributed by atoms with E-state index in [-0.39, 0.29) is 23.0 Å². The van der Waals surface area contributed by atoms with Gasteiger partial charge in [0, 0.05) is 18.2 Å². The van der Waals surface area contributed by atoms with Crippen molar-refractivity contribution in [2.24, 2.45) is 5.92 Å². The molecular weight excluding hydrogens is 284 g/mol. The summed E-state index contributed by atoms with van der Waals surface area (Å²) in [6.45, 7) is 0. The van der Waals surface area contributed by atoms with Gasteiger partial charge in [-0.15, -0.1) is 0 Å². The van der Waals surface area contributed by atoms with Crippen molar-refractivity contribution in [2.75, 3.05) is 0 Å². The molecule has 8 heteroatoms. The molecular formula is C12H12N2O5S. The van der Waals surface area contributed by atoms with Crippen LogP contribution in [-0.4, -0.2) is 38.9 Å². The average molecular weight is 296 g/mol. The summed E-state index contributed by atoms with van der Waals surface area (Å²) < 4.78 is 0. The van der Waals surface area contributed by atoms with E-state index in [2.05, 4.69) is 0 Å². The van der Waals surface area contributed by atoms with Gasteiger partial charge in [0.25, 0.3) is 5.91 Å². The SMILES string of the molecule is O=C(O)C1CC2CCC1N2C(=O)c1ccc([N+](=O)[O-])s1. The molecule has 1 amide bonds. The van der Waals surface area contributed by atoms with Gasteiger partial charge >= 0.3 is 11.0 Å². The monoisotopic (exact) mass is 296 g/mol. The number of carbonyl (C=O) groups is 2. The first kappa shape index (κ1) is 13.0. The lowest BCUT2D eigenvalue weighted by molar-refractivity contribution is -0.380. The quantitative estimate of drug-likeness (QED) is 0.676. The minimum atomic E-state index is -0.868. The predicted octanol–water partition coefficient (Wildman–Crippen LogP) is 1.73. The first-order valence-corrected chi connectivity index (χ1v) is 7.10. The number of thiophene rings is 1. The molecule has 1 aromatic rings. The Bertz CT molecular complexity index is 598. The summed E-state index contributed by atoms with van der Waals surface area (Å²) >= 11 is 0.840. The van der Waals surface area contributed by atoms with Crippen molar-refractivity contribution in [2.45, 2.75) is 31.3 Å². The summed E-state index contributed by atoms with van der Waals surface area (Å²) in [5.74, 6) is -1.65. The Morgan fingerprint density at radius 2 is 2.15 bits per heavy atom. The highest BCUT2D eigenvalue weighted by molar-refractivity contribution is 7.17. The molecule has 3 rings (SSSR count). The van der Waals surface area contributed by atoms with E-state index in [9.17, 15) is 19.7 Å². The van der Waals surface area contributed by atoms with Crippen LogP contribution in [0.25, 0.3) is 0 Å². The molecule has 0 radical (unpaired) electrons. The van der Waals surface area contributed by atoms with Crippen LogP contribution in [0.1, 0.15) is 28.9 Å². The number of hydrogen-bond acceptors (Lipinski definition) is 5. The van der Waals surface area contributed by atoms with Gasteiger partial charge in [-0.05, 0) is 25.3 Å². The molecule has 2 aliphatic heterocycles. The maximum Gasteiger partial charge on any atom is 0.324 e. The third kappa shape index (κ3) is 1.87. The summed E-state index contributed by atoms with van der Waals surface area (Å²) in [5, 5.41) is 19.7. The van der Waals surface area contributed by atoms with Crippen molar-refractivity contribution in [3.8, 4) is 0 Å². The Balaban J connectivity index is 1.84. The summed E-state index contributed by atoms with van der Waals surface area (Å²) in [6, 6.07) is 2.43. The third-order valence-electron chi connectivity index (χ3n) is 4.07. The molecule has 0 aliphatic carbocycles. The number of rotatable bonds is 3. The number of carboxylic acid groups (broad SMARTS) is 1. The fraction of sp³-hybridized carbons (Fsp3) is 0.500. The summed E-state index contributed by atoms with van der Waals surface area (Å²) in [4.78, 5) is 35.6. The number of carbonyl (C=O) groups excluding carboxylic acids is 1.